The van der Waals surface area contributed by atoms with E-state index in [9.17, 15) is 22.8 Å². The van der Waals surface area contributed by atoms with Gasteiger partial charge in [-0.3, -0.25) is 4.79 Å². The normalized spacial score (nSPS) is 12.3. The molecule has 0 aliphatic rings. The number of amides is 1. The second kappa shape index (κ2) is 8.23. The third kappa shape index (κ3) is 4.98. The highest BCUT2D eigenvalue weighted by Crippen LogP contribution is 2.29. The maximum Gasteiger partial charge on any atom is 0.416 e. The van der Waals surface area contributed by atoms with E-state index in [2.05, 4.69) is 10.1 Å². The van der Waals surface area contributed by atoms with Gasteiger partial charge in [0.2, 0.25) is 0 Å². The number of ether oxygens (including phenoxy) is 1. The minimum absolute atomic E-state index is 0.145. The summed E-state index contributed by atoms with van der Waals surface area (Å²) in [7, 11) is 1.13. The Hall–Kier alpha value is -2.54. The number of hydrogen-bond acceptors (Lipinski definition) is 3. The van der Waals surface area contributed by atoms with Crippen molar-refractivity contribution in [3.63, 3.8) is 0 Å². The quantitative estimate of drug-likeness (QED) is 0.795. The number of esters is 1. The van der Waals surface area contributed by atoms with Crippen LogP contribution in [0.3, 0.4) is 0 Å². The van der Waals surface area contributed by atoms with Crippen LogP contribution in [0, 0.1) is 0 Å². The van der Waals surface area contributed by atoms with Gasteiger partial charge in [-0.1, -0.05) is 41.9 Å². The Balaban J connectivity index is 2.22. The summed E-state index contributed by atoms with van der Waals surface area (Å²) in [6, 6.07) is 9.59. The zero-order valence-electron chi connectivity index (χ0n) is 13.6. The first-order chi connectivity index (χ1) is 12.2. The van der Waals surface area contributed by atoms with Crippen molar-refractivity contribution in [3.05, 3.63) is 70.2 Å². The van der Waals surface area contributed by atoms with E-state index in [4.69, 9.17) is 11.6 Å². The van der Waals surface area contributed by atoms with E-state index in [1.165, 1.54) is 24.3 Å². The van der Waals surface area contributed by atoms with E-state index in [1.807, 2.05) is 0 Å². The zero-order chi connectivity index (χ0) is 19.3. The summed E-state index contributed by atoms with van der Waals surface area (Å²) in [6.45, 7) is 0. The van der Waals surface area contributed by atoms with Crippen LogP contribution in [0.4, 0.5) is 13.2 Å². The highest BCUT2D eigenvalue weighted by Gasteiger charge is 2.31. The predicted molar refractivity (Wildman–Crippen MR) is 89.9 cm³/mol. The van der Waals surface area contributed by atoms with Gasteiger partial charge in [-0.05, 0) is 23.8 Å². The third-order valence-electron chi connectivity index (χ3n) is 3.60. The van der Waals surface area contributed by atoms with Gasteiger partial charge >= 0.3 is 12.1 Å². The van der Waals surface area contributed by atoms with Gasteiger partial charge in [0.1, 0.15) is 6.04 Å². The maximum atomic E-state index is 12.8. The van der Waals surface area contributed by atoms with Crippen molar-refractivity contribution in [2.24, 2.45) is 0 Å². The molecule has 0 aliphatic carbocycles. The number of methoxy groups -OCH3 is 1. The molecular weight excluding hydrogens is 371 g/mol. The molecule has 138 valence electrons. The number of nitrogens with one attached hydrogen (secondary N) is 1. The summed E-state index contributed by atoms with van der Waals surface area (Å²) in [5.41, 5.74) is -0.460. The number of hydrogen-bond donors (Lipinski definition) is 1. The van der Waals surface area contributed by atoms with E-state index >= 15 is 0 Å². The average molecular weight is 386 g/mol. The summed E-state index contributed by atoms with van der Waals surface area (Å²) in [6.07, 6.45) is -4.66. The molecule has 1 N–H and O–H groups in total. The van der Waals surface area contributed by atoms with Gasteiger partial charge in [-0.25, -0.2) is 4.79 Å². The molecule has 26 heavy (non-hydrogen) atoms. The van der Waals surface area contributed by atoms with E-state index in [-0.39, 0.29) is 22.6 Å². The molecule has 0 aliphatic heterocycles. The van der Waals surface area contributed by atoms with Crippen LogP contribution >= 0.6 is 11.6 Å². The topological polar surface area (TPSA) is 55.4 Å². The van der Waals surface area contributed by atoms with Crippen molar-refractivity contribution in [2.45, 2.75) is 18.6 Å². The number of carbonyl (C=O) groups is 2. The predicted octanol–water partition coefficient (Wildman–Crippen LogP) is 3.87. The van der Waals surface area contributed by atoms with Crippen molar-refractivity contribution < 1.29 is 27.5 Å². The lowest BCUT2D eigenvalue weighted by molar-refractivity contribution is -0.142. The molecule has 2 aromatic rings. The molecule has 0 radical (unpaired) electrons. The van der Waals surface area contributed by atoms with Crippen LogP contribution in [-0.4, -0.2) is 25.0 Å². The molecule has 4 nitrogen and oxygen atoms in total. The van der Waals surface area contributed by atoms with Gasteiger partial charge < -0.3 is 10.1 Å². The molecule has 0 aromatic heterocycles. The molecule has 0 saturated heterocycles. The van der Waals surface area contributed by atoms with Crippen molar-refractivity contribution in [1.29, 1.82) is 0 Å². The first kappa shape index (κ1) is 19.8. The molecule has 0 saturated carbocycles. The Kier molecular flexibility index (Phi) is 6.26. The Labute approximate surface area is 152 Å². The highest BCUT2D eigenvalue weighted by atomic mass is 35.5. The summed E-state index contributed by atoms with van der Waals surface area (Å²) in [5.74, 6) is -1.40. The molecule has 1 atom stereocenters. The standard InChI is InChI=1S/C18H15ClF3NO3/c1-26-17(25)15(23-16(24)13-7-2-3-8-14(13)19)10-11-5-4-6-12(9-11)18(20,21)22/h2-9,15H,10H2,1H3,(H,23,24)/t15-/m0/s1. The molecule has 0 heterocycles. The van der Waals surface area contributed by atoms with Crippen LogP contribution in [0.15, 0.2) is 48.5 Å². The van der Waals surface area contributed by atoms with E-state index in [0.29, 0.717) is 0 Å². The number of carbonyl (C=O) groups excluding carboxylic acids is 2. The summed E-state index contributed by atoms with van der Waals surface area (Å²) in [5, 5.41) is 2.64. The first-order valence-corrected chi connectivity index (χ1v) is 7.89. The summed E-state index contributed by atoms with van der Waals surface area (Å²) in [4.78, 5) is 24.3. The Bertz CT molecular complexity index is 808. The lowest BCUT2D eigenvalue weighted by atomic mass is 10.0. The van der Waals surface area contributed by atoms with Gasteiger partial charge in [-0.2, -0.15) is 13.2 Å². The lowest BCUT2D eigenvalue weighted by Crippen LogP contribution is -2.43. The van der Waals surface area contributed by atoms with Crippen molar-refractivity contribution >= 4 is 23.5 Å². The zero-order valence-corrected chi connectivity index (χ0v) is 14.4. The molecular formula is C18H15ClF3NO3. The van der Waals surface area contributed by atoms with Gasteiger partial charge in [0.15, 0.2) is 0 Å². The monoisotopic (exact) mass is 385 g/mol. The van der Waals surface area contributed by atoms with Crippen molar-refractivity contribution in [2.75, 3.05) is 7.11 Å². The van der Waals surface area contributed by atoms with Crippen LogP contribution in [0.1, 0.15) is 21.5 Å². The largest absolute Gasteiger partial charge is 0.467 e. The fraction of sp³-hybridized carbons (Fsp3) is 0.222. The molecule has 0 fully saturated rings. The molecule has 2 aromatic carbocycles. The summed E-state index contributed by atoms with van der Waals surface area (Å²) < 4.78 is 43.1. The van der Waals surface area contributed by atoms with E-state index < -0.39 is 29.7 Å². The fourth-order valence-corrected chi connectivity index (χ4v) is 2.55. The van der Waals surface area contributed by atoms with Crippen LogP contribution in [0.5, 0.6) is 0 Å². The SMILES string of the molecule is COC(=O)[C@H](Cc1cccc(C(F)(F)F)c1)NC(=O)c1ccccc1Cl. The van der Waals surface area contributed by atoms with E-state index in [1.54, 1.807) is 12.1 Å². The molecule has 1 amide bonds. The molecule has 8 heteroatoms. The number of benzene rings is 2. The molecule has 0 spiro atoms. The maximum absolute atomic E-state index is 12.8. The molecule has 0 bridgehead atoms. The number of halogens is 4. The van der Waals surface area contributed by atoms with Crippen molar-refractivity contribution in [1.82, 2.24) is 5.32 Å². The first-order valence-electron chi connectivity index (χ1n) is 7.51. The van der Waals surface area contributed by atoms with Gasteiger partial charge in [0.25, 0.3) is 5.91 Å². The summed E-state index contributed by atoms with van der Waals surface area (Å²) >= 11 is 5.95. The van der Waals surface area contributed by atoms with E-state index in [0.717, 1.165) is 19.2 Å². The average Bonchev–Trinajstić information content (AvgIpc) is 2.60. The fourth-order valence-electron chi connectivity index (χ4n) is 2.33. The highest BCUT2D eigenvalue weighted by molar-refractivity contribution is 6.33. The third-order valence-corrected chi connectivity index (χ3v) is 3.93. The van der Waals surface area contributed by atoms with Gasteiger partial charge in [0, 0.05) is 6.42 Å². The minimum Gasteiger partial charge on any atom is -0.467 e. The van der Waals surface area contributed by atoms with Crippen LogP contribution in [0.2, 0.25) is 5.02 Å². The number of alkyl halides is 3. The van der Waals surface area contributed by atoms with Crippen LogP contribution in [0.25, 0.3) is 0 Å². The Morgan fingerprint density at radius 3 is 2.46 bits per heavy atom. The van der Waals surface area contributed by atoms with Crippen molar-refractivity contribution in [3.8, 4) is 0 Å². The smallest absolute Gasteiger partial charge is 0.416 e. The molecule has 0 unspecified atom stereocenters. The van der Waals surface area contributed by atoms with Gasteiger partial charge in [-0.15, -0.1) is 0 Å². The number of rotatable bonds is 5. The van der Waals surface area contributed by atoms with Crippen LogP contribution in [-0.2, 0) is 22.1 Å². The van der Waals surface area contributed by atoms with Crippen LogP contribution < -0.4 is 5.32 Å². The Morgan fingerprint density at radius 2 is 1.85 bits per heavy atom. The molecule has 2 rings (SSSR count). The second-order valence-electron chi connectivity index (χ2n) is 5.43. The second-order valence-corrected chi connectivity index (χ2v) is 5.84. The Morgan fingerprint density at radius 1 is 1.15 bits per heavy atom. The lowest BCUT2D eigenvalue weighted by Gasteiger charge is -2.18. The van der Waals surface area contributed by atoms with Gasteiger partial charge in [0.05, 0.1) is 23.3 Å². The minimum atomic E-state index is -4.50.